The van der Waals surface area contributed by atoms with Gasteiger partial charge in [0.05, 0.1) is 5.60 Å². The van der Waals surface area contributed by atoms with Crippen molar-refractivity contribution in [3.05, 3.63) is 35.4 Å². The Labute approximate surface area is 107 Å². The highest BCUT2D eigenvalue weighted by atomic mass is 16.3. The first-order chi connectivity index (χ1) is 8.39. The second-order valence-electron chi connectivity index (χ2n) is 5.40. The zero-order chi connectivity index (χ0) is 13.3. The van der Waals surface area contributed by atoms with E-state index >= 15 is 0 Å². The molecule has 1 fully saturated rings. The number of likely N-dealkylation sites (tertiary alicyclic amines) is 1. The maximum Gasteiger partial charge on any atom is 0.244 e. The molecule has 98 valence electrons. The van der Waals surface area contributed by atoms with Gasteiger partial charge in [-0.05, 0) is 25.8 Å². The molecule has 4 nitrogen and oxygen atoms in total. The number of nitrogens with zero attached hydrogens (tertiary/aromatic N) is 1. The Morgan fingerprint density at radius 3 is 2.56 bits per heavy atom. The number of amides is 1. The normalized spacial score (nSPS) is 25.2. The number of hydrogen-bond acceptors (Lipinski definition) is 3. The van der Waals surface area contributed by atoms with Crippen LogP contribution in [0, 0.1) is 6.92 Å². The van der Waals surface area contributed by atoms with Crippen LogP contribution in [0.2, 0.25) is 0 Å². The molecular formula is C14H20N2O2. The summed E-state index contributed by atoms with van der Waals surface area (Å²) in [6.07, 6.45) is 0.610. The summed E-state index contributed by atoms with van der Waals surface area (Å²) in [6.45, 7) is 4.68. The minimum absolute atomic E-state index is 0.114. The third-order valence-electron chi connectivity index (χ3n) is 3.47. The van der Waals surface area contributed by atoms with Crippen molar-refractivity contribution < 1.29 is 9.90 Å². The van der Waals surface area contributed by atoms with Crippen molar-refractivity contribution in [2.24, 2.45) is 5.73 Å². The highest BCUT2D eigenvalue weighted by Gasteiger charge is 2.35. The highest BCUT2D eigenvalue weighted by molar-refractivity contribution is 5.83. The lowest BCUT2D eigenvalue weighted by Gasteiger charge is -2.22. The summed E-state index contributed by atoms with van der Waals surface area (Å²) in [5.41, 5.74) is 7.17. The fraction of sp³-hybridized carbons (Fsp3) is 0.500. The number of rotatable bonds is 2. The summed E-state index contributed by atoms with van der Waals surface area (Å²) in [6, 6.07) is 7.02. The lowest BCUT2D eigenvalue weighted by Crippen LogP contribution is -2.39. The van der Waals surface area contributed by atoms with Crippen LogP contribution in [0.5, 0.6) is 0 Å². The summed E-state index contributed by atoms with van der Waals surface area (Å²) < 4.78 is 0. The number of aliphatic hydroxyl groups is 1. The van der Waals surface area contributed by atoms with Gasteiger partial charge in [-0.1, -0.05) is 29.8 Å². The monoisotopic (exact) mass is 248 g/mol. The first kappa shape index (κ1) is 13.1. The summed E-state index contributed by atoms with van der Waals surface area (Å²) in [5, 5.41) is 9.87. The molecule has 1 amide bonds. The van der Waals surface area contributed by atoms with Crippen LogP contribution in [0.15, 0.2) is 24.3 Å². The first-order valence-electron chi connectivity index (χ1n) is 6.22. The number of carbonyl (C=O) groups is 1. The van der Waals surface area contributed by atoms with Crippen LogP contribution >= 0.6 is 0 Å². The molecule has 0 bridgehead atoms. The Hall–Kier alpha value is -1.39. The lowest BCUT2D eigenvalue weighted by atomic mass is 10.0. The molecule has 0 spiro atoms. The average molecular weight is 248 g/mol. The van der Waals surface area contributed by atoms with Gasteiger partial charge in [-0.2, -0.15) is 0 Å². The van der Waals surface area contributed by atoms with E-state index < -0.39 is 11.6 Å². The van der Waals surface area contributed by atoms with Crippen molar-refractivity contribution in [2.75, 3.05) is 13.1 Å². The molecule has 2 unspecified atom stereocenters. The number of hydrogen-bond donors (Lipinski definition) is 2. The predicted octanol–water partition coefficient (Wildman–Crippen LogP) is 0.978. The maximum atomic E-state index is 12.2. The molecule has 1 aliphatic rings. The average Bonchev–Trinajstić information content (AvgIpc) is 2.69. The van der Waals surface area contributed by atoms with Crippen LogP contribution in [-0.2, 0) is 4.79 Å². The Bertz CT molecular complexity index is 440. The highest BCUT2D eigenvalue weighted by Crippen LogP contribution is 2.23. The van der Waals surface area contributed by atoms with E-state index in [1.807, 2.05) is 31.2 Å². The molecular weight excluding hydrogens is 228 g/mol. The number of benzene rings is 1. The summed E-state index contributed by atoms with van der Waals surface area (Å²) in [5.74, 6) is -0.114. The van der Waals surface area contributed by atoms with Crippen molar-refractivity contribution in [2.45, 2.75) is 31.9 Å². The molecule has 0 radical (unpaired) electrons. The van der Waals surface area contributed by atoms with Crippen molar-refractivity contribution >= 4 is 5.91 Å². The van der Waals surface area contributed by atoms with Gasteiger partial charge in [0, 0.05) is 13.1 Å². The van der Waals surface area contributed by atoms with Gasteiger partial charge in [0.1, 0.15) is 6.04 Å². The maximum absolute atomic E-state index is 12.2. The van der Waals surface area contributed by atoms with Gasteiger partial charge in [-0.15, -0.1) is 0 Å². The zero-order valence-corrected chi connectivity index (χ0v) is 10.9. The van der Waals surface area contributed by atoms with Crippen LogP contribution in [0.3, 0.4) is 0 Å². The van der Waals surface area contributed by atoms with Crippen LogP contribution in [0.1, 0.15) is 30.5 Å². The molecule has 18 heavy (non-hydrogen) atoms. The molecule has 1 aromatic carbocycles. The van der Waals surface area contributed by atoms with E-state index in [1.54, 1.807) is 11.8 Å². The number of carbonyl (C=O) groups excluding carboxylic acids is 1. The Morgan fingerprint density at radius 1 is 1.44 bits per heavy atom. The molecule has 0 aromatic heterocycles. The Morgan fingerprint density at radius 2 is 2.06 bits per heavy atom. The molecule has 1 heterocycles. The minimum atomic E-state index is -0.775. The molecule has 4 heteroatoms. The number of nitrogens with two attached hydrogens (primary N) is 1. The van der Waals surface area contributed by atoms with Gasteiger partial charge in [-0.25, -0.2) is 0 Å². The fourth-order valence-electron chi connectivity index (χ4n) is 2.25. The van der Waals surface area contributed by atoms with Gasteiger partial charge in [0.2, 0.25) is 5.91 Å². The van der Waals surface area contributed by atoms with Gasteiger partial charge in [-0.3, -0.25) is 4.79 Å². The van der Waals surface area contributed by atoms with Crippen LogP contribution in [-0.4, -0.2) is 34.6 Å². The van der Waals surface area contributed by atoms with E-state index in [9.17, 15) is 9.90 Å². The molecule has 0 saturated carbocycles. The predicted molar refractivity (Wildman–Crippen MR) is 69.9 cm³/mol. The van der Waals surface area contributed by atoms with E-state index in [4.69, 9.17) is 5.73 Å². The van der Waals surface area contributed by atoms with Gasteiger partial charge in [0.25, 0.3) is 0 Å². The molecule has 1 saturated heterocycles. The van der Waals surface area contributed by atoms with Crippen LogP contribution < -0.4 is 5.73 Å². The number of aryl methyl sites for hydroxylation is 1. The topological polar surface area (TPSA) is 66.6 Å². The standard InChI is InChI=1S/C14H20N2O2/c1-10-3-5-11(6-4-10)12(15)13(17)16-8-7-14(2,18)9-16/h3-6,12,18H,7-9,15H2,1-2H3. The summed E-state index contributed by atoms with van der Waals surface area (Å²) in [4.78, 5) is 13.9. The fourth-order valence-corrected chi connectivity index (χ4v) is 2.25. The Kier molecular flexibility index (Phi) is 3.41. The van der Waals surface area contributed by atoms with Gasteiger partial charge < -0.3 is 15.7 Å². The number of β-amino-alcohol motifs (C(OH)–C–C–N with tert-alkyl or cyclic N) is 1. The van der Waals surface area contributed by atoms with Crippen molar-refractivity contribution in [3.63, 3.8) is 0 Å². The van der Waals surface area contributed by atoms with E-state index in [2.05, 4.69) is 0 Å². The molecule has 1 aromatic rings. The molecule has 2 atom stereocenters. The summed E-state index contributed by atoms with van der Waals surface area (Å²) >= 11 is 0. The van der Waals surface area contributed by atoms with Crippen LogP contribution in [0.4, 0.5) is 0 Å². The van der Waals surface area contributed by atoms with Gasteiger partial charge in [0.15, 0.2) is 0 Å². The second-order valence-corrected chi connectivity index (χ2v) is 5.40. The molecule has 0 aliphatic carbocycles. The summed E-state index contributed by atoms with van der Waals surface area (Å²) in [7, 11) is 0. The SMILES string of the molecule is Cc1ccc(C(N)C(=O)N2CCC(C)(O)C2)cc1. The van der Waals surface area contributed by atoms with E-state index in [0.29, 0.717) is 19.5 Å². The molecule has 3 N–H and O–H groups in total. The Balaban J connectivity index is 2.07. The quantitative estimate of drug-likeness (QED) is 0.820. The largest absolute Gasteiger partial charge is 0.388 e. The zero-order valence-electron chi connectivity index (χ0n) is 10.9. The van der Waals surface area contributed by atoms with E-state index in [1.165, 1.54) is 0 Å². The van der Waals surface area contributed by atoms with E-state index in [0.717, 1.165) is 11.1 Å². The van der Waals surface area contributed by atoms with E-state index in [-0.39, 0.29) is 5.91 Å². The molecule has 2 rings (SSSR count). The van der Waals surface area contributed by atoms with Crippen molar-refractivity contribution in [1.29, 1.82) is 0 Å². The lowest BCUT2D eigenvalue weighted by molar-refractivity contribution is -0.132. The smallest absolute Gasteiger partial charge is 0.244 e. The van der Waals surface area contributed by atoms with Crippen molar-refractivity contribution in [1.82, 2.24) is 4.90 Å². The molecule has 1 aliphatic heterocycles. The second kappa shape index (κ2) is 4.71. The first-order valence-corrected chi connectivity index (χ1v) is 6.22. The third-order valence-corrected chi connectivity index (χ3v) is 3.47. The third kappa shape index (κ3) is 2.71. The van der Waals surface area contributed by atoms with Crippen LogP contribution in [0.25, 0.3) is 0 Å². The van der Waals surface area contributed by atoms with Gasteiger partial charge >= 0.3 is 0 Å². The minimum Gasteiger partial charge on any atom is -0.388 e. The van der Waals surface area contributed by atoms with Crippen molar-refractivity contribution in [3.8, 4) is 0 Å².